The Balaban J connectivity index is 1.48. The third-order valence-electron chi connectivity index (χ3n) is 3.67. The smallest absolute Gasteiger partial charge is 0.0716 e. The van der Waals surface area contributed by atoms with Crippen LogP contribution >= 0.6 is 0 Å². The van der Waals surface area contributed by atoms with Crippen LogP contribution in [-0.4, -0.2) is 37.2 Å². The van der Waals surface area contributed by atoms with Crippen LogP contribution in [0, 0.1) is 0 Å². The van der Waals surface area contributed by atoms with Gasteiger partial charge in [-0.1, -0.05) is 30.3 Å². The summed E-state index contributed by atoms with van der Waals surface area (Å²) in [6.07, 6.45) is 4.79. The molecule has 1 aromatic carbocycles. The predicted molar refractivity (Wildman–Crippen MR) is 79.0 cm³/mol. The molecule has 19 heavy (non-hydrogen) atoms. The quantitative estimate of drug-likeness (QED) is 0.767. The highest BCUT2D eigenvalue weighted by Crippen LogP contribution is 2.09. The van der Waals surface area contributed by atoms with Crippen LogP contribution in [0.2, 0.25) is 0 Å². The van der Waals surface area contributed by atoms with Crippen molar-refractivity contribution >= 4 is 0 Å². The maximum Gasteiger partial charge on any atom is 0.0716 e. The van der Waals surface area contributed by atoms with E-state index in [4.69, 9.17) is 10.5 Å². The minimum atomic E-state index is 0.392. The van der Waals surface area contributed by atoms with Gasteiger partial charge in [0.05, 0.1) is 6.61 Å². The molecule has 2 rings (SSSR count). The fourth-order valence-electron chi connectivity index (χ4n) is 2.60. The Hall–Kier alpha value is -0.900. The zero-order chi connectivity index (χ0) is 13.3. The van der Waals surface area contributed by atoms with Crippen LogP contribution in [0.4, 0.5) is 0 Å². The second kappa shape index (κ2) is 8.31. The van der Waals surface area contributed by atoms with Gasteiger partial charge in [-0.3, -0.25) is 0 Å². The normalized spacial score (nSPS) is 20.6. The molecule has 2 N–H and O–H groups in total. The number of ether oxygens (including phenoxy) is 1. The Labute approximate surface area is 116 Å². The number of nitrogens with zero attached hydrogens (tertiary/aromatic N) is 1. The molecular weight excluding hydrogens is 236 g/mol. The molecular formula is C16H26N2O. The van der Waals surface area contributed by atoms with Crippen molar-refractivity contribution in [3.8, 4) is 0 Å². The van der Waals surface area contributed by atoms with Crippen molar-refractivity contribution in [3.05, 3.63) is 35.9 Å². The van der Waals surface area contributed by atoms with Crippen LogP contribution < -0.4 is 5.73 Å². The van der Waals surface area contributed by atoms with Crippen molar-refractivity contribution in [2.24, 2.45) is 5.73 Å². The van der Waals surface area contributed by atoms with E-state index in [1.165, 1.54) is 37.9 Å². The van der Waals surface area contributed by atoms with Gasteiger partial charge < -0.3 is 15.4 Å². The number of hydrogen-bond acceptors (Lipinski definition) is 3. The molecule has 1 aromatic rings. The summed E-state index contributed by atoms with van der Waals surface area (Å²) in [5.74, 6) is 0. The third-order valence-corrected chi connectivity index (χ3v) is 3.67. The summed E-state index contributed by atoms with van der Waals surface area (Å²) in [5, 5.41) is 0. The highest BCUT2D eigenvalue weighted by Gasteiger charge is 2.15. The minimum Gasteiger partial charge on any atom is -0.377 e. The van der Waals surface area contributed by atoms with Gasteiger partial charge in [0.2, 0.25) is 0 Å². The first-order chi connectivity index (χ1) is 9.34. The summed E-state index contributed by atoms with van der Waals surface area (Å²) in [4.78, 5) is 2.49. The molecule has 0 radical (unpaired) electrons. The molecule has 1 saturated heterocycles. The Bertz CT molecular complexity index is 342. The van der Waals surface area contributed by atoms with E-state index in [9.17, 15) is 0 Å². The van der Waals surface area contributed by atoms with Gasteiger partial charge >= 0.3 is 0 Å². The van der Waals surface area contributed by atoms with E-state index in [-0.39, 0.29) is 0 Å². The van der Waals surface area contributed by atoms with Crippen LogP contribution in [0.15, 0.2) is 30.3 Å². The summed E-state index contributed by atoms with van der Waals surface area (Å²) in [6, 6.07) is 10.7. The van der Waals surface area contributed by atoms with E-state index in [1.54, 1.807) is 0 Å². The molecule has 0 aromatic heterocycles. The lowest BCUT2D eigenvalue weighted by atomic mass is 10.1. The molecule has 0 saturated carbocycles. The molecule has 0 aliphatic carbocycles. The third kappa shape index (κ3) is 5.72. The molecule has 3 nitrogen and oxygen atoms in total. The first kappa shape index (κ1) is 14.5. The van der Waals surface area contributed by atoms with Crippen LogP contribution in [0.25, 0.3) is 0 Å². The number of piperidine rings is 1. The molecule has 1 fully saturated rings. The number of unbranched alkanes of at least 4 members (excludes halogenated alkanes) is 1. The van der Waals surface area contributed by atoms with Gasteiger partial charge in [0.1, 0.15) is 0 Å². The Morgan fingerprint density at radius 3 is 2.84 bits per heavy atom. The highest BCUT2D eigenvalue weighted by molar-refractivity contribution is 5.13. The van der Waals surface area contributed by atoms with E-state index < -0.39 is 0 Å². The second-order valence-electron chi connectivity index (χ2n) is 5.45. The fourth-order valence-corrected chi connectivity index (χ4v) is 2.60. The summed E-state index contributed by atoms with van der Waals surface area (Å²) in [6.45, 7) is 5.05. The minimum absolute atomic E-state index is 0.392. The first-order valence-corrected chi connectivity index (χ1v) is 7.44. The molecule has 0 spiro atoms. The molecule has 1 atom stereocenters. The van der Waals surface area contributed by atoms with Crippen molar-refractivity contribution in [1.29, 1.82) is 0 Å². The van der Waals surface area contributed by atoms with E-state index in [1.807, 2.05) is 6.07 Å². The van der Waals surface area contributed by atoms with Crippen molar-refractivity contribution in [2.45, 2.75) is 38.3 Å². The average Bonchev–Trinajstić information content (AvgIpc) is 2.44. The second-order valence-corrected chi connectivity index (χ2v) is 5.45. The maximum atomic E-state index is 5.98. The van der Waals surface area contributed by atoms with E-state index in [0.717, 1.165) is 26.2 Å². The van der Waals surface area contributed by atoms with E-state index >= 15 is 0 Å². The number of nitrogens with two attached hydrogens (primary N) is 1. The van der Waals surface area contributed by atoms with Gasteiger partial charge in [0, 0.05) is 19.2 Å². The Morgan fingerprint density at radius 1 is 1.21 bits per heavy atom. The zero-order valence-corrected chi connectivity index (χ0v) is 11.8. The number of rotatable bonds is 7. The van der Waals surface area contributed by atoms with Gasteiger partial charge in [-0.2, -0.15) is 0 Å². The molecule has 0 amide bonds. The van der Waals surface area contributed by atoms with Crippen molar-refractivity contribution < 1.29 is 4.74 Å². The van der Waals surface area contributed by atoms with Crippen LogP contribution in [0.1, 0.15) is 31.2 Å². The van der Waals surface area contributed by atoms with Crippen LogP contribution in [0.5, 0.6) is 0 Å². The lowest BCUT2D eigenvalue weighted by molar-refractivity contribution is 0.112. The van der Waals surface area contributed by atoms with Gasteiger partial charge in [0.15, 0.2) is 0 Å². The number of benzene rings is 1. The fraction of sp³-hybridized carbons (Fsp3) is 0.625. The van der Waals surface area contributed by atoms with Crippen LogP contribution in [-0.2, 0) is 11.3 Å². The zero-order valence-electron chi connectivity index (χ0n) is 11.8. The lowest BCUT2D eigenvalue weighted by Crippen LogP contribution is -2.43. The maximum absolute atomic E-state index is 5.98. The van der Waals surface area contributed by atoms with Gasteiger partial charge in [0.25, 0.3) is 0 Å². The monoisotopic (exact) mass is 262 g/mol. The Kier molecular flexibility index (Phi) is 6.34. The van der Waals surface area contributed by atoms with Gasteiger partial charge in [-0.05, 0) is 44.3 Å². The number of likely N-dealkylation sites (tertiary alicyclic amines) is 1. The molecule has 1 unspecified atom stereocenters. The first-order valence-electron chi connectivity index (χ1n) is 7.44. The van der Waals surface area contributed by atoms with Crippen molar-refractivity contribution in [3.63, 3.8) is 0 Å². The van der Waals surface area contributed by atoms with E-state index in [2.05, 4.69) is 29.2 Å². The summed E-state index contributed by atoms with van der Waals surface area (Å²) >= 11 is 0. The largest absolute Gasteiger partial charge is 0.377 e. The molecule has 1 heterocycles. The summed E-state index contributed by atoms with van der Waals surface area (Å²) in [7, 11) is 0. The molecule has 1 aliphatic heterocycles. The van der Waals surface area contributed by atoms with Gasteiger partial charge in [-0.15, -0.1) is 0 Å². The van der Waals surface area contributed by atoms with Crippen LogP contribution in [0.3, 0.4) is 0 Å². The molecule has 1 aliphatic rings. The SMILES string of the molecule is NC1CCCN(CCCCOCc2ccccc2)C1. The van der Waals surface area contributed by atoms with Gasteiger partial charge in [-0.25, -0.2) is 0 Å². The standard InChI is InChI=1S/C16H26N2O/c17-16-9-6-11-18(13-16)10-4-5-12-19-14-15-7-2-1-3-8-15/h1-3,7-8,16H,4-6,9-14,17H2. The Morgan fingerprint density at radius 2 is 2.05 bits per heavy atom. The predicted octanol–water partition coefficient (Wildman–Crippen LogP) is 2.41. The van der Waals surface area contributed by atoms with E-state index in [0.29, 0.717) is 6.04 Å². The summed E-state index contributed by atoms with van der Waals surface area (Å²) in [5.41, 5.74) is 7.23. The average molecular weight is 262 g/mol. The molecule has 3 heteroatoms. The van der Waals surface area contributed by atoms with Crippen molar-refractivity contribution in [2.75, 3.05) is 26.2 Å². The molecule has 106 valence electrons. The highest BCUT2D eigenvalue weighted by atomic mass is 16.5. The van der Waals surface area contributed by atoms with Crippen molar-refractivity contribution in [1.82, 2.24) is 4.90 Å². The lowest BCUT2D eigenvalue weighted by Gasteiger charge is -2.30. The summed E-state index contributed by atoms with van der Waals surface area (Å²) < 4.78 is 5.69. The topological polar surface area (TPSA) is 38.5 Å². The molecule has 0 bridgehead atoms. The number of hydrogen-bond donors (Lipinski definition) is 1.